The van der Waals surface area contributed by atoms with Crippen LogP contribution in [0.25, 0.3) is 0 Å². The second-order valence-corrected chi connectivity index (χ2v) is 7.02. The molecule has 1 aromatic heterocycles. The van der Waals surface area contributed by atoms with E-state index in [9.17, 15) is 13.2 Å². The molecule has 1 amide bonds. The van der Waals surface area contributed by atoms with Crippen LogP contribution in [0.2, 0.25) is 0 Å². The van der Waals surface area contributed by atoms with Gasteiger partial charge in [-0.05, 0) is 50.2 Å². The summed E-state index contributed by atoms with van der Waals surface area (Å²) in [6, 6.07) is 14.8. The predicted octanol–water partition coefficient (Wildman–Crippen LogP) is 3.31. The number of hydrogen-bond acceptors (Lipinski definition) is 6. The number of carbonyl (C=O) groups is 1. The van der Waals surface area contributed by atoms with Gasteiger partial charge in [0.25, 0.3) is 5.91 Å². The van der Waals surface area contributed by atoms with Crippen molar-refractivity contribution in [2.75, 3.05) is 5.32 Å². The molecule has 3 rings (SSSR count). The van der Waals surface area contributed by atoms with Crippen LogP contribution in [-0.4, -0.2) is 19.5 Å². The molecule has 2 aromatic carbocycles. The Morgan fingerprint density at radius 3 is 2.27 bits per heavy atom. The maximum absolute atomic E-state index is 12.4. The van der Waals surface area contributed by atoms with E-state index in [1.165, 1.54) is 26.0 Å². The van der Waals surface area contributed by atoms with Gasteiger partial charge in [-0.25, -0.2) is 0 Å². The number of aromatic nitrogens is 1. The second kappa shape index (κ2) is 7.01. The number of nitrogens with zero attached hydrogens (tertiary/aromatic N) is 1. The minimum Gasteiger partial charge on any atom is -0.379 e. The Balaban J connectivity index is 1.73. The Morgan fingerprint density at radius 1 is 1.04 bits per heavy atom. The highest BCUT2D eigenvalue weighted by Gasteiger charge is 2.26. The van der Waals surface area contributed by atoms with Crippen molar-refractivity contribution in [1.29, 1.82) is 0 Å². The van der Waals surface area contributed by atoms with Gasteiger partial charge in [0.1, 0.15) is 11.4 Å². The van der Waals surface area contributed by atoms with Crippen molar-refractivity contribution < 1.29 is 21.9 Å². The SMILES string of the molecule is Cc1noc(C)c1S(=O)(=O)Oc1ccc(NC(=O)c2ccccc2)cc1. The zero-order valence-corrected chi connectivity index (χ0v) is 14.9. The van der Waals surface area contributed by atoms with E-state index in [1.807, 2.05) is 6.07 Å². The number of aryl methyl sites for hydroxylation is 2. The molecule has 1 heterocycles. The highest BCUT2D eigenvalue weighted by atomic mass is 32.2. The lowest BCUT2D eigenvalue weighted by atomic mass is 10.2. The van der Waals surface area contributed by atoms with Gasteiger partial charge in [0, 0.05) is 11.3 Å². The molecular formula is C18H16N2O5S. The highest BCUT2D eigenvalue weighted by molar-refractivity contribution is 7.87. The zero-order chi connectivity index (χ0) is 18.7. The van der Waals surface area contributed by atoms with Crippen LogP contribution in [0.3, 0.4) is 0 Å². The third-order valence-corrected chi connectivity index (χ3v) is 5.07. The lowest BCUT2D eigenvalue weighted by Gasteiger charge is -2.08. The molecule has 0 saturated heterocycles. The Kier molecular flexibility index (Phi) is 4.77. The molecule has 0 bridgehead atoms. The van der Waals surface area contributed by atoms with Gasteiger partial charge in [0.05, 0.1) is 0 Å². The van der Waals surface area contributed by atoms with Gasteiger partial charge in [0.15, 0.2) is 10.7 Å². The number of rotatable bonds is 5. The van der Waals surface area contributed by atoms with E-state index in [2.05, 4.69) is 10.5 Å². The Morgan fingerprint density at radius 2 is 1.69 bits per heavy atom. The maximum atomic E-state index is 12.4. The van der Waals surface area contributed by atoms with Gasteiger partial charge in [-0.2, -0.15) is 8.42 Å². The first kappa shape index (κ1) is 17.7. The topological polar surface area (TPSA) is 98.5 Å². The first-order chi connectivity index (χ1) is 12.4. The fraction of sp³-hybridized carbons (Fsp3) is 0.111. The smallest absolute Gasteiger partial charge is 0.344 e. The third-order valence-electron chi connectivity index (χ3n) is 3.57. The quantitative estimate of drug-likeness (QED) is 0.690. The first-order valence-electron chi connectivity index (χ1n) is 7.70. The van der Waals surface area contributed by atoms with Crippen molar-refractivity contribution in [2.45, 2.75) is 18.7 Å². The molecule has 0 atom stereocenters. The molecule has 0 unspecified atom stereocenters. The van der Waals surface area contributed by atoms with Crippen LogP contribution in [-0.2, 0) is 10.1 Å². The maximum Gasteiger partial charge on any atom is 0.344 e. The average molecular weight is 372 g/mol. The molecular weight excluding hydrogens is 356 g/mol. The number of hydrogen-bond donors (Lipinski definition) is 1. The van der Waals surface area contributed by atoms with Gasteiger partial charge in [-0.3, -0.25) is 4.79 Å². The first-order valence-corrected chi connectivity index (χ1v) is 9.11. The molecule has 8 heteroatoms. The number of amides is 1. The minimum absolute atomic E-state index is 0.0843. The summed E-state index contributed by atoms with van der Waals surface area (Å²) in [5.41, 5.74) is 1.27. The van der Waals surface area contributed by atoms with Crippen LogP contribution in [0.15, 0.2) is 64.0 Å². The monoisotopic (exact) mass is 372 g/mol. The van der Waals surface area contributed by atoms with Crippen LogP contribution in [0.1, 0.15) is 21.8 Å². The fourth-order valence-corrected chi connectivity index (χ4v) is 3.62. The second-order valence-electron chi connectivity index (χ2n) is 5.54. The molecule has 0 fully saturated rings. The van der Waals surface area contributed by atoms with Gasteiger partial charge in [0.2, 0.25) is 0 Å². The van der Waals surface area contributed by atoms with Crippen molar-refractivity contribution in [1.82, 2.24) is 5.16 Å². The number of benzene rings is 2. The van der Waals surface area contributed by atoms with Crippen molar-refractivity contribution in [3.05, 3.63) is 71.6 Å². The molecule has 3 aromatic rings. The van der Waals surface area contributed by atoms with E-state index in [1.54, 1.807) is 36.4 Å². The van der Waals surface area contributed by atoms with E-state index in [0.717, 1.165) is 0 Å². The normalized spacial score (nSPS) is 11.2. The van der Waals surface area contributed by atoms with Crippen LogP contribution < -0.4 is 9.50 Å². The Hall–Kier alpha value is -3.13. The van der Waals surface area contributed by atoms with Gasteiger partial charge < -0.3 is 14.0 Å². The van der Waals surface area contributed by atoms with Crippen LogP contribution in [0.5, 0.6) is 5.75 Å². The highest BCUT2D eigenvalue weighted by Crippen LogP contribution is 2.25. The molecule has 0 aliphatic heterocycles. The van der Waals surface area contributed by atoms with Crippen molar-refractivity contribution in [3.8, 4) is 5.75 Å². The summed E-state index contributed by atoms with van der Waals surface area (Å²) in [6.07, 6.45) is 0. The zero-order valence-electron chi connectivity index (χ0n) is 14.1. The largest absolute Gasteiger partial charge is 0.379 e. The summed E-state index contributed by atoms with van der Waals surface area (Å²) < 4.78 is 34.7. The summed E-state index contributed by atoms with van der Waals surface area (Å²) in [5, 5.41) is 6.34. The summed E-state index contributed by atoms with van der Waals surface area (Å²) in [4.78, 5) is 12.0. The third kappa shape index (κ3) is 3.75. The molecule has 7 nitrogen and oxygen atoms in total. The van der Waals surface area contributed by atoms with E-state index >= 15 is 0 Å². The molecule has 134 valence electrons. The van der Waals surface area contributed by atoms with Crippen LogP contribution in [0, 0.1) is 13.8 Å². The van der Waals surface area contributed by atoms with Crippen molar-refractivity contribution in [3.63, 3.8) is 0 Å². The van der Waals surface area contributed by atoms with Crippen molar-refractivity contribution in [2.24, 2.45) is 0 Å². The molecule has 0 aliphatic carbocycles. The van der Waals surface area contributed by atoms with Gasteiger partial charge >= 0.3 is 10.1 Å². The van der Waals surface area contributed by atoms with Crippen LogP contribution >= 0.6 is 0 Å². The molecule has 0 aliphatic rings. The van der Waals surface area contributed by atoms with E-state index in [-0.39, 0.29) is 28.0 Å². The molecule has 26 heavy (non-hydrogen) atoms. The van der Waals surface area contributed by atoms with Crippen molar-refractivity contribution >= 4 is 21.7 Å². The minimum atomic E-state index is -4.05. The lowest BCUT2D eigenvalue weighted by Crippen LogP contribution is -2.12. The average Bonchev–Trinajstić information content (AvgIpc) is 2.96. The Labute approximate surface area is 150 Å². The summed E-state index contributed by atoms with van der Waals surface area (Å²) >= 11 is 0. The summed E-state index contributed by atoms with van der Waals surface area (Å²) in [6.45, 7) is 3.02. The molecule has 1 N–H and O–H groups in total. The number of nitrogens with one attached hydrogen (secondary N) is 1. The fourth-order valence-electron chi connectivity index (χ4n) is 2.39. The van der Waals surface area contributed by atoms with Gasteiger partial charge in [-0.15, -0.1) is 0 Å². The lowest BCUT2D eigenvalue weighted by molar-refractivity contribution is 0.102. The summed E-state index contributed by atoms with van der Waals surface area (Å²) in [7, 11) is -4.05. The Bertz CT molecular complexity index is 1010. The van der Waals surface area contributed by atoms with Gasteiger partial charge in [-0.1, -0.05) is 23.4 Å². The molecule has 0 saturated carbocycles. The van der Waals surface area contributed by atoms with E-state index < -0.39 is 10.1 Å². The molecule has 0 spiro atoms. The number of carbonyl (C=O) groups excluding carboxylic acids is 1. The predicted molar refractivity (Wildman–Crippen MR) is 94.6 cm³/mol. The standard InChI is InChI=1S/C18H16N2O5S/c1-12-17(13(2)24-20-12)26(22,23)25-16-10-8-15(9-11-16)19-18(21)14-6-4-3-5-7-14/h3-11H,1-2H3,(H,19,21). The van der Waals surface area contributed by atoms with Crippen LogP contribution in [0.4, 0.5) is 5.69 Å². The number of anilines is 1. The molecule has 0 radical (unpaired) electrons. The van der Waals surface area contributed by atoms with E-state index in [4.69, 9.17) is 8.71 Å². The van der Waals surface area contributed by atoms with E-state index in [0.29, 0.717) is 11.3 Å². The summed E-state index contributed by atoms with van der Waals surface area (Å²) in [5.74, 6) is 0.0135.